The summed E-state index contributed by atoms with van der Waals surface area (Å²) in [5.41, 5.74) is 14.6. The summed E-state index contributed by atoms with van der Waals surface area (Å²) in [6.45, 7) is 0. The highest BCUT2D eigenvalue weighted by molar-refractivity contribution is 14.1. The van der Waals surface area contributed by atoms with Gasteiger partial charge < -0.3 is 11.5 Å². The molecule has 0 heterocycles. The van der Waals surface area contributed by atoms with Gasteiger partial charge in [-0.3, -0.25) is 0 Å². The molecule has 2 atom stereocenters. The van der Waals surface area contributed by atoms with Crippen molar-refractivity contribution in [3.8, 4) is 0 Å². The van der Waals surface area contributed by atoms with E-state index in [1.54, 1.807) is 0 Å². The van der Waals surface area contributed by atoms with Crippen LogP contribution in [-0.2, 0) is 0 Å². The average Bonchev–Trinajstić information content (AvgIpc) is 3.25. The van der Waals surface area contributed by atoms with Crippen LogP contribution in [0.5, 0.6) is 0 Å². The fourth-order valence-electron chi connectivity index (χ4n) is 3.62. The number of hydrogen-bond donors (Lipinski definition) is 2. The summed E-state index contributed by atoms with van der Waals surface area (Å²) >= 11 is 2.42. The van der Waals surface area contributed by atoms with E-state index in [4.69, 9.17) is 11.5 Å². The van der Waals surface area contributed by atoms with Gasteiger partial charge >= 0.3 is 0 Å². The second-order valence-electron chi connectivity index (χ2n) is 6.59. The SMILES string of the molecule is NC1(CI)CCC(N)(C2CC2c2ccccc2)CC1. The van der Waals surface area contributed by atoms with E-state index in [0.717, 1.165) is 30.1 Å². The summed E-state index contributed by atoms with van der Waals surface area (Å²) in [4.78, 5) is 0. The highest BCUT2D eigenvalue weighted by Crippen LogP contribution is 2.56. The molecule has 0 saturated heterocycles. The number of halogens is 1. The smallest absolute Gasteiger partial charge is 0.0246 e. The van der Waals surface area contributed by atoms with Crippen LogP contribution >= 0.6 is 22.6 Å². The Balaban J connectivity index is 1.66. The monoisotopic (exact) mass is 370 g/mol. The molecule has 2 aliphatic carbocycles. The molecular formula is C16H23IN2. The number of rotatable bonds is 3. The van der Waals surface area contributed by atoms with Crippen molar-refractivity contribution in [2.24, 2.45) is 17.4 Å². The molecule has 1 aromatic rings. The largest absolute Gasteiger partial charge is 0.325 e. The van der Waals surface area contributed by atoms with E-state index in [1.165, 1.54) is 12.0 Å². The van der Waals surface area contributed by atoms with E-state index in [2.05, 4.69) is 52.9 Å². The molecular weight excluding hydrogens is 347 g/mol. The maximum atomic E-state index is 6.71. The standard InChI is InChI=1S/C16H23IN2/c17-11-15(18)6-8-16(19,9-7-15)14-10-13(14)12-4-2-1-3-5-12/h1-5,13-14H,6-11,18-19H2. The molecule has 0 spiro atoms. The van der Waals surface area contributed by atoms with Crippen molar-refractivity contribution < 1.29 is 0 Å². The third kappa shape index (κ3) is 2.69. The molecule has 4 N–H and O–H groups in total. The molecule has 104 valence electrons. The Morgan fingerprint density at radius 3 is 2.26 bits per heavy atom. The van der Waals surface area contributed by atoms with Crippen LogP contribution in [0.25, 0.3) is 0 Å². The summed E-state index contributed by atoms with van der Waals surface area (Å²) in [6, 6.07) is 10.8. The molecule has 2 unspecified atom stereocenters. The van der Waals surface area contributed by atoms with Gasteiger partial charge in [-0.05, 0) is 49.5 Å². The maximum Gasteiger partial charge on any atom is 0.0246 e. The van der Waals surface area contributed by atoms with Crippen molar-refractivity contribution in [2.75, 3.05) is 4.43 Å². The van der Waals surface area contributed by atoms with Crippen molar-refractivity contribution >= 4 is 22.6 Å². The van der Waals surface area contributed by atoms with Crippen molar-refractivity contribution in [1.82, 2.24) is 0 Å². The van der Waals surface area contributed by atoms with Crippen molar-refractivity contribution in [3.05, 3.63) is 35.9 Å². The third-order valence-electron chi connectivity index (χ3n) is 5.20. The van der Waals surface area contributed by atoms with Crippen LogP contribution in [0.15, 0.2) is 30.3 Å². The summed E-state index contributed by atoms with van der Waals surface area (Å²) in [5, 5.41) is 0. The summed E-state index contributed by atoms with van der Waals surface area (Å²) < 4.78 is 1.05. The average molecular weight is 370 g/mol. The van der Waals surface area contributed by atoms with E-state index < -0.39 is 0 Å². The van der Waals surface area contributed by atoms with Gasteiger partial charge in [-0.15, -0.1) is 0 Å². The molecule has 0 bridgehead atoms. The number of hydrogen-bond acceptors (Lipinski definition) is 2. The first-order chi connectivity index (χ1) is 9.06. The first-order valence-corrected chi connectivity index (χ1v) is 8.78. The molecule has 2 aliphatic rings. The topological polar surface area (TPSA) is 52.0 Å². The molecule has 2 fully saturated rings. The lowest BCUT2D eigenvalue weighted by atomic mass is 9.71. The minimum absolute atomic E-state index is 0.0369. The van der Waals surface area contributed by atoms with Gasteiger partial charge in [0.1, 0.15) is 0 Å². The maximum absolute atomic E-state index is 6.71. The lowest BCUT2D eigenvalue weighted by molar-refractivity contribution is 0.195. The Hall–Kier alpha value is -0.130. The Morgan fingerprint density at radius 1 is 1.05 bits per heavy atom. The van der Waals surface area contributed by atoms with Crippen molar-refractivity contribution in [3.63, 3.8) is 0 Å². The van der Waals surface area contributed by atoms with Crippen LogP contribution in [0.2, 0.25) is 0 Å². The molecule has 3 rings (SSSR count). The number of alkyl halides is 1. The Bertz CT molecular complexity index is 437. The van der Waals surface area contributed by atoms with E-state index in [-0.39, 0.29) is 11.1 Å². The lowest BCUT2D eigenvalue weighted by Gasteiger charge is -2.42. The van der Waals surface area contributed by atoms with Crippen LogP contribution in [0.4, 0.5) is 0 Å². The normalized spacial score (nSPS) is 42.1. The molecule has 1 aromatic carbocycles. The zero-order valence-corrected chi connectivity index (χ0v) is 13.5. The van der Waals surface area contributed by atoms with Crippen LogP contribution < -0.4 is 11.5 Å². The molecule has 2 nitrogen and oxygen atoms in total. The zero-order chi connectivity index (χ0) is 13.5. The van der Waals surface area contributed by atoms with Crippen molar-refractivity contribution in [2.45, 2.75) is 49.1 Å². The second-order valence-corrected chi connectivity index (χ2v) is 7.35. The molecule has 0 radical (unpaired) electrons. The predicted octanol–water partition coefficient (Wildman–Crippen LogP) is 3.19. The Kier molecular flexibility index (Phi) is 3.65. The van der Waals surface area contributed by atoms with E-state index >= 15 is 0 Å². The molecule has 0 amide bonds. The van der Waals surface area contributed by atoms with Crippen LogP contribution in [0.3, 0.4) is 0 Å². The fraction of sp³-hybridized carbons (Fsp3) is 0.625. The summed E-state index contributed by atoms with van der Waals surface area (Å²) in [6.07, 6.45) is 5.64. The zero-order valence-electron chi connectivity index (χ0n) is 11.3. The lowest BCUT2D eigenvalue weighted by Crippen LogP contribution is -2.54. The quantitative estimate of drug-likeness (QED) is 0.634. The summed E-state index contributed by atoms with van der Waals surface area (Å²) in [5.74, 6) is 1.37. The van der Waals surface area contributed by atoms with Gasteiger partial charge in [-0.1, -0.05) is 52.9 Å². The number of benzene rings is 1. The van der Waals surface area contributed by atoms with E-state index in [9.17, 15) is 0 Å². The second kappa shape index (κ2) is 5.01. The van der Waals surface area contributed by atoms with Gasteiger partial charge in [0, 0.05) is 15.5 Å². The minimum atomic E-state index is 0.0369. The highest BCUT2D eigenvalue weighted by atomic mass is 127. The van der Waals surface area contributed by atoms with E-state index in [0.29, 0.717) is 11.8 Å². The third-order valence-corrected chi connectivity index (χ3v) is 6.72. The van der Waals surface area contributed by atoms with Gasteiger partial charge in [0.05, 0.1) is 0 Å². The molecule has 0 aromatic heterocycles. The Morgan fingerprint density at radius 2 is 1.68 bits per heavy atom. The summed E-state index contributed by atoms with van der Waals surface area (Å²) in [7, 11) is 0. The van der Waals surface area contributed by atoms with Crippen LogP contribution in [0.1, 0.15) is 43.6 Å². The highest BCUT2D eigenvalue weighted by Gasteiger charge is 2.53. The molecule has 3 heteroatoms. The molecule has 19 heavy (non-hydrogen) atoms. The van der Waals surface area contributed by atoms with Crippen LogP contribution in [-0.4, -0.2) is 15.5 Å². The first-order valence-electron chi connectivity index (χ1n) is 7.25. The van der Waals surface area contributed by atoms with E-state index in [1.807, 2.05) is 0 Å². The van der Waals surface area contributed by atoms with Crippen LogP contribution in [0, 0.1) is 5.92 Å². The van der Waals surface area contributed by atoms with Gasteiger partial charge in [-0.25, -0.2) is 0 Å². The number of nitrogens with two attached hydrogens (primary N) is 2. The molecule has 2 saturated carbocycles. The minimum Gasteiger partial charge on any atom is -0.325 e. The van der Waals surface area contributed by atoms with Gasteiger partial charge in [-0.2, -0.15) is 0 Å². The predicted molar refractivity (Wildman–Crippen MR) is 88.5 cm³/mol. The van der Waals surface area contributed by atoms with Gasteiger partial charge in [0.15, 0.2) is 0 Å². The fourth-order valence-corrected chi connectivity index (χ4v) is 4.38. The Labute approximate surface area is 129 Å². The first kappa shape index (κ1) is 13.8. The van der Waals surface area contributed by atoms with Gasteiger partial charge in [0.2, 0.25) is 0 Å². The molecule has 0 aliphatic heterocycles. The van der Waals surface area contributed by atoms with Gasteiger partial charge in [0.25, 0.3) is 0 Å². The van der Waals surface area contributed by atoms with Crippen molar-refractivity contribution in [1.29, 1.82) is 0 Å².